The van der Waals surface area contributed by atoms with Crippen LogP contribution < -0.4 is 15.4 Å². The highest BCUT2D eigenvalue weighted by atomic mass is 35.5. The molecule has 0 spiro atoms. The lowest BCUT2D eigenvalue weighted by atomic mass is 10.1. The van der Waals surface area contributed by atoms with E-state index in [1.807, 2.05) is 12.1 Å². The van der Waals surface area contributed by atoms with E-state index in [4.69, 9.17) is 22.1 Å². The lowest BCUT2D eigenvalue weighted by Gasteiger charge is -2.34. The van der Waals surface area contributed by atoms with E-state index in [9.17, 15) is 8.42 Å². The van der Waals surface area contributed by atoms with Gasteiger partial charge in [-0.25, -0.2) is 8.42 Å². The lowest BCUT2D eigenvalue weighted by molar-refractivity contribution is 0.171. The fourth-order valence-electron chi connectivity index (χ4n) is 2.93. The Morgan fingerprint density at radius 1 is 1.12 bits per heavy atom. The largest absolute Gasteiger partial charge is 0.489 e. The zero-order chi connectivity index (χ0) is 18.0. The zero-order valence-corrected chi connectivity index (χ0v) is 15.6. The Labute approximate surface area is 153 Å². The van der Waals surface area contributed by atoms with E-state index >= 15 is 0 Å². The van der Waals surface area contributed by atoms with E-state index in [1.165, 1.54) is 6.26 Å². The Balaban J connectivity index is 1.60. The van der Waals surface area contributed by atoms with E-state index in [0.717, 1.165) is 31.6 Å². The molecule has 0 aliphatic carbocycles. The van der Waals surface area contributed by atoms with Gasteiger partial charge in [-0.15, -0.1) is 0 Å². The number of hydrogen-bond donors (Lipinski definition) is 1. The van der Waals surface area contributed by atoms with Crippen molar-refractivity contribution in [1.29, 1.82) is 0 Å². The zero-order valence-electron chi connectivity index (χ0n) is 14.0. The molecule has 3 rings (SSSR count). The molecule has 2 N–H and O–H groups in total. The van der Waals surface area contributed by atoms with E-state index in [2.05, 4.69) is 4.90 Å². The minimum Gasteiger partial charge on any atom is -0.489 e. The van der Waals surface area contributed by atoms with Crippen LogP contribution in [-0.4, -0.2) is 33.9 Å². The molecular formula is C18H21ClN2O3S. The summed E-state index contributed by atoms with van der Waals surface area (Å²) in [5, 5.41) is 0.527. The van der Waals surface area contributed by atoms with Crippen LogP contribution in [0.3, 0.4) is 0 Å². The van der Waals surface area contributed by atoms with Gasteiger partial charge in [-0.2, -0.15) is 0 Å². The maximum Gasteiger partial charge on any atom is 0.175 e. The number of ether oxygens (including phenoxy) is 1. The molecule has 5 nitrogen and oxygen atoms in total. The van der Waals surface area contributed by atoms with Gasteiger partial charge in [0, 0.05) is 43.6 Å². The highest BCUT2D eigenvalue weighted by molar-refractivity contribution is 7.90. The number of sulfone groups is 1. The first-order valence-electron chi connectivity index (χ1n) is 8.10. The highest BCUT2D eigenvalue weighted by Crippen LogP contribution is 2.30. The van der Waals surface area contributed by atoms with Gasteiger partial charge in [-0.3, -0.25) is 0 Å². The fourth-order valence-corrected chi connectivity index (χ4v) is 3.79. The predicted octanol–water partition coefficient (Wildman–Crippen LogP) is 3.37. The van der Waals surface area contributed by atoms with E-state index in [-0.39, 0.29) is 6.10 Å². The SMILES string of the molecule is CS(=O)(=O)c1ccc(N2CCC(Oc3ccc(N)cc3Cl)CC2)cc1. The summed E-state index contributed by atoms with van der Waals surface area (Å²) < 4.78 is 29.1. The second-order valence-corrected chi connectivity index (χ2v) is 8.68. The summed E-state index contributed by atoms with van der Waals surface area (Å²) >= 11 is 6.16. The minimum absolute atomic E-state index is 0.104. The molecule has 1 saturated heterocycles. The van der Waals surface area contributed by atoms with Gasteiger partial charge in [-0.05, 0) is 42.5 Å². The Morgan fingerprint density at radius 2 is 1.76 bits per heavy atom. The molecule has 1 fully saturated rings. The highest BCUT2D eigenvalue weighted by Gasteiger charge is 2.22. The first kappa shape index (κ1) is 17.9. The molecule has 0 aromatic heterocycles. The average molecular weight is 381 g/mol. The summed E-state index contributed by atoms with van der Waals surface area (Å²) in [4.78, 5) is 2.57. The first-order chi connectivity index (χ1) is 11.8. The van der Waals surface area contributed by atoms with Crippen LogP contribution in [0.4, 0.5) is 11.4 Å². The summed E-state index contributed by atoms with van der Waals surface area (Å²) in [5.41, 5.74) is 7.34. The molecule has 7 heteroatoms. The molecule has 2 aromatic rings. The van der Waals surface area contributed by atoms with Crippen LogP contribution in [-0.2, 0) is 9.84 Å². The Hall–Kier alpha value is -1.92. The summed E-state index contributed by atoms with van der Waals surface area (Å²) in [6, 6.07) is 12.3. The fraction of sp³-hybridized carbons (Fsp3) is 0.333. The van der Waals surface area contributed by atoms with E-state index in [1.54, 1.807) is 30.3 Å². The Kier molecular flexibility index (Phi) is 5.11. The third-order valence-corrected chi connectivity index (χ3v) is 5.75. The van der Waals surface area contributed by atoms with Crippen LogP contribution in [0, 0.1) is 0 Å². The number of halogens is 1. The number of hydrogen-bond acceptors (Lipinski definition) is 5. The van der Waals surface area contributed by atoms with Crippen molar-refractivity contribution in [3.63, 3.8) is 0 Å². The number of nitrogen functional groups attached to an aromatic ring is 1. The van der Waals surface area contributed by atoms with Crippen LogP contribution >= 0.6 is 11.6 Å². The number of rotatable bonds is 4. The number of anilines is 2. The van der Waals surface area contributed by atoms with Crippen molar-refractivity contribution in [1.82, 2.24) is 0 Å². The van der Waals surface area contributed by atoms with Crippen molar-refractivity contribution in [2.75, 3.05) is 30.0 Å². The Morgan fingerprint density at radius 3 is 2.32 bits per heavy atom. The van der Waals surface area contributed by atoms with Crippen LogP contribution in [0.1, 0.15) is 12.8 Å². The smallest absolute Gasteiger partial charge is 0.175 e. The van der Waals surface area contributed by atoms with Crippen molar-refractivity contribution in [2.45, 2.75) is 23.8 Å². The monoisotopic (exact) mass is 380 g/mol. The van der Waals surface area contributed by atoms with Gasteiger partial charge in [0.15, 0.2) is 9.84 Å². The normalized spacial score (nSPS) is 16.0. The third-order valence-electron chi connectivity index (χ3n) is 4.32. The van der Waals surface area contributed by atoms with Crippen molar-refractivity contribution in [3.8, 4) is 5.75 Å². The molecule has 1 aliphatic rings. The average Bonchev–Trinajstić information content (AvgIpc) is 2.57. The number of nitrogens with two attached hydrogens (primary N) is 1. The Bertz CT molecular complexity index is 845. The minimum atomic E-state index is -3.16. The maximum atomic E-state index is 11.5. The molecule has 2 aromatic carbocycles. The predicted molar refractivity (Wildman–Crippen MR) is 101 cm³/mol. The molecule has 0 amide bonds. The van der Waals surface area contributed by atoms with Gasteiger partial charge in [0.05, 0.1) is 9.92 Å². The van der Waals surface area contributed by atoms with Crippen LogP contribution in [0.5, 0.6) is 5.75 Å². The third kappa shape index (κ3) is 4.38. The molecule has 0 radical (unpaired) electrons. The van der Waals surface area contributed by atoms with E-state index in [0.29, 0.717) is 21.4 Å². The lowest BCUT2D eigenvalue weighted by Crippen LogP contribution is -2.38. The van der Waals surface area contributed by atoms with Gasteiger partial charge in [-0.1, -0.05) is 11.6 Å². The molecule has 134 valence electrons. The molecule has 25 heavy (non-hydrogen) atoms. The topological polar surface area (TPSA) is 72.6 Å². The van der Waals surface area contributed by atoms with E-state index < -0.39 is 9.84 Å². The number of nitrogens with zero attached hydrogens (tertiary/aromatic N) is 1. The molecule has 1 aliphatic heterocycles. The van der Waals surface area contributed by atoms with Crippen molar-refractivity contribution in [2.24, 2.45) is 0 Å². The summed E-state index contributed by atoms with van der Waals surface area (Å²) in [6.45, 7) is 1.69. The van der Waals surface area contributed by atoms with Crippen molar-refractivity contribution in [3.05, 3.63) is 47.5 Å². The standard InChI is InChI=1S/C18H21ClN2O3S/c1-25(22,23)16-5-3-14(4-6-16)21-10-8-15(9-11-21)24-18-7-2-13(20)12-17(18)19/h2-7,12,15H,8-11,20H2,1H3. The number of benzene rings is 2. The van der Waals surface area contributed by atoms with Gasteiger partial charge in [0.2, 0.25) is 0 Å². The molecule has 0 bridgehead atoms. The van der Waals surface area contributed by atoms with Crippen molar-refractivity contribution >= 4 is 32.8 Å². The molecular weight excluding hydrogens is 360 g/mol. The van der Waals surface area contributed by atoms with Gasteiger partial charge in [0.1, 0.15) is 11.9 Å². The summed E-state index contributed by atoms with van der Waals surface area (Å²) in [6.07, 6.45) is 3.06. The molecule has 1 heterocycles. The van der Waals surface area contributed by atoms with Gasteiger partial charge in [0.25, 0.3) is 0 Å². The van der Waals surface area contributed by atoms with Gasteiger partial charge < -0.3 is 15.4 Å². The van der Waals surface area contributed by atoms with Gasteiger partial charge >= 0.3 is 0 Å². The summed E-state index contributed by atoms with van der Waals surface area (Å²) in [5.74, 6) is 0.659. The molecule has 0 saturated carbocycles. The quantitative estimate of drug-likeness (QED) is 0.823. The molecule has 0 unspecified atom stereocenters. The maximum absolute atomic E-state index is 11.5. The second-order valence-electron chi connectivity index (χ2n) is 6.26. The summed E-state index contributed by atoms with van der Waals surface area (Å²) in [7, 11) is -3.16. The molecule has 0 atom stereocenters. The van der Waals surface area contributed by atoms with Crippen LogP contribution in [0.2, 0.25) is 5.02 Å². The number of piperidine rings is 1. The van der Waals surface area contributed by atoms with Crippen LogP contribution in [0.15, 0.2) is 47.4 Å². The van der Waals surface area contributed by atoms with Crippen molar-refractivity contribution < 1.29 is 13.2 Å². The van der Waals surface area contributed by atoms with Crippen LogP contribution in [0.25, 0.3) is 0 Å². The second kappa shape index (κ2) is 7.14. The first-order valence-corrected chi connectivity index (χ1v) is 10.4.